The van der Waals surface area contributed by atoms with Crippen molar-refractivity contribution in [3.8, 4) is 0 Å². The van der Waals surface area contributed by atoms with Crippen molar-refractivity contribution < 1.29 is 28.2 Å². The number of aliphatic hydroxyl groups is 1. The van der Waals surface area contributed by atoms with Crippen molar-refractivity contribution in [1.82, 2.24) is 14.9 Å². The molecule has 30 heavy (non-hydrogen) atoms. The Morgan fingerprint density at radius 2 is 2.17 bits per heavy atom. The second-order valence-electron chi connectivity index (χ2n) is 8.15. The molecular formula is C19H29N3O6S2. The van der Waals surface area contributed by atoms with Crippen LogP contribution in [0, 0.1) is 11.8 Å². The molecule has 2 saturated heterocycles. The number of nitrogens with zero attached hydrogens (tertiary/aromatic N) is 1. The number of sulfonamides is 1. The number of amides is 1. The summed E-state index contributed by atoms with van der Waals surface area (Å²) in [6.45, 7) is 4.55. The molecule has 0 unspecified atom stereocenters. The van der Waals surface area contributed by atoms with Gasteiger partial charge in [0.15, 0.2) is 0 Å². The van der Waals surface area contributed by atoms with Crippen molar-refractivity contribution in [2.24, 2.45) is 11.8 Å². The third-order valence-corrected chi connectivity index (χ3v) is 8.01. The smallest absolute Gasteiger partial charge is 0.353 e. The number of fused-ring (bicyclic) bond motifs is 1. The minimum absolute atomic E-state index is 0.0604. The highest BCUT2D eigenvalue weighted by molar-refractivity contribution is 8.03. The van der Waals surface area contributed by atoms with E-state index in [0.717, 1.165) is 12.7 Å². The summed E-state index contributed by atoms with van der Waals surface area (Å²) in [6.07, 6.45) is 5.66. The lowest BCUT2D eigenvalue weighted by Gasteiger charge is -2.46. The molecule has 0 aromatic heterocycles. The number of carboxylic acid groups (broad SMARTS) is 1. The monoisotopic (exact) mass is 459 g/mol. The minimum Gasteiger partial charge on any atom is -0.477 e. The Morgan fingerprint density at radius 3 is 2.77 bits per heavy atom. The lowest BCUT2D eigenvalue weighted by molar-refractivity contribution is -0.163. The average Bonchev–Trinajstić information content (AvgIpc) is 3.15. The topological polar surface area (TPSA) is 136 Å². The number of hydrogen-bond donors (Lipinski definition) is 4. The molecule has 168 valence electrons. The van der Waals surface area contributed by atoms with Crippen molar-refractivity contribution in [1.29, 1.82) is 0 Å². The van der Waals surface area contributed by atoms with Crippen LogP contribution < -0.4 is 10.0 Å². The number of rotatable bonds is 9. The summed E-state index contributed by atoms with van der Waals surface area (Å²) in [7, 11) is -3.18. The number of aliphatic hydroxyl groups excluding tert-OH is 1. The van der Waals surface area contributed by atoms with Gasteiger partial charge in [0.05, 0.1) is 24.3 Å². The summed E-state index contributed by atoms with van der Waals surface area (Å²) in [4.78, 5) is 26.3. The van der Waals surface area contributed by atoms with Crippen LogP contribution in [0.5, 0.6) is 0 Å². The van der Waals surface area contributed by atoms with Crippen molar-refractivity contribution in [3.05, 3.63) is 22.8 Å². The highest BCUT2D eigenvalue weighted by Gasteiger charge is 2.60. The number of thioether (sulfide) groups is 1. The zero-order chi connectivity index (χ0) is 22.2. The quantitative estimate of drug-likeness (QED) is 0.217. The van der Waals surface area contributed by atoms with Crippen molar-refractivity contribution in [3.63, 3.8) is 0 Å². The molecule has 3 aliphatic heterocycles. The van der Waals surface area contributed by atoms with E-state index in [2.05, 4.69) is 10.0 Å². The van der Waals surface area contributed by atoms with E-state index in [0.29, 0.717) is 24.4 Å². The Balaban J connectivity index is 1.60. The largest absolute Gasteiger partial charge is 0.477 e. The molecule has 0 aliphatic carbocycles. The molecule has 0 aromatic carbocycles. The van der Waals surface area contributed by atoms with Crippen LogP contribution in [0.2, 0.25) is 0 Å². The Kier molecular flexibility index (Phi) is 6.97. The van der Waals surface area contributed by atoms with Crippen LogP contribution in [0.25, 0.3) is 0 Å². The lowest BCUT2D eigenvalue weighted by atomic mass is 9.79. The summed E-state index contributed by atoms with van der Waals surface area (Å²) >= 11 is 1.51. The Hall–Kier alpha value is -1.40. The fourth-order valence-electron chi connectivity index (χ4n) is 4.42. The maximum absolute atomic E-state index is 12.4. The van der Waals surface area contributed by atoms with E-state index >= 15 is 0 Å². The SMILES string of the molecule is C[C@@H](O)[C@H]1C(=O)N2C(C(=O)O)=C(S[C@@H]3CN[C@H](C=CCCNS(C)(=O)=O)C3)[C@H](C)[C@H]12. The number of β-lactam (4-membered cyclic amide) rings is 1. The zero-order valence-corrected chi connectivity index (χ0v) is 18.9. The number of hydrogen-bond acceptors (Lipinski definition) is 7. The number of nitrogens with one attached hydrogen (secondary N) is 2. The van der Waals surface area contributed by atoms with Crippen molar-refractivity contribution in [2.75, 3.05) is 19.3 Å². The van der Waals surface area contributed by atoms with Crippen LogP contribution in [-0.4, -0.2) is 78.2 Å². The van der Waals surface area contributed by atoms with Crippen LogP contribution in [0.4, 0.5) is 0 Å². The van der Waals surface area contributed by atoms with E-state index in [4.69, 9.17) is 0 Å². The van der Waals surface area contributed by atoms with Crippen LogP contribution in [0.3, 0.4) is 0 Å². The number of carboxylic acids is 1. The number of carbonyl (C=O) groups is 2. The first-order chi connectivity index (χ1) is 14.0. The molecule has 3 rings (SSSR count). The van der Waals surface area contributed by atoms with Crippen LogP contribution >= 0.6 is 11.8 Å². The van der Waals surface area contributed by atoms with Gasteiger partial charge in [0.2, 0.25) is 15.9 Å². The third-order valence-electron chi connectivity index (χ3n) is 5.77. The first-order valence-corrected chi connectivity index (χ1v) is 12.8. The predicted octanol–water partition coefficient (Wildman–Crippen LogP) is 0.0993. The number of aliphatic carboxylic acids is 1. The molecule has 0 spiro atoms. The minimum atomic E-state index is -3.18. The summed E-state index contributed by atoms with van der Waals surface area (Å²) in [6, 6.07) is -0.159. The molecule has 2 fully saturated rings. The molecule has 3 heterocycles. The maximum atomic E-state index is 12.4. The molecule has 0 bridgehead atoms. The highest BCUT2D eigenvalue weighted by atomic mass is 32.2. The van der Waals surface area contributed by atoms with Crippen LogP contribution in [0.1, 0.15) is 26.7 Å². The molecular weight excluding hydrogens is 430 g/mol. The standard InChI is InChI=1S/C19H29N3O6S2/c1-10-15-14(11(2)23)18(24)22(15)16(19(25)26)17(10)29-13-8-12(20-9-13)6-4-5-7-21-30(3,27)28/h4,6,10-15,20-21,23H,5,7-9H2,1-3H3,(H,25,26)/t10-,11-,12-,13+,14-,15-/m1/s1. The van der Waals surface area contributed by atoms with E-state index in [1.54, 1.807) is 6.92 Å². The van der Waals surface area contributed by atoms with Gasteiger partial charge in [-0.25, -0.2) is 17.9 Å². The second kappa shape index (κ2) is 8.99. The molecule has 11 heteroatoms. The Bertz CT molecular complexity index is 869. The average molecular weight is 460 g/mol. The third kappa shape index (κ3) is 4.75. The van der Waals surface area contributed by atoms with Crippen LogP contribution in [0.15, 0.2) is 22.8 Å². The van der Waals surface area contributed by atoms with E-state index < -0.39 is 28.0 Å². The van der Waals surface area contributed by atoms with Gasteiger partial charge in [-0.1, -0.05) is 19.1 Å². The van der Waals surface area contributed by atoms with Gasteiger partial charge in [0.25, 0.3) is 0 Å². The second-order valence-corrected chi connectivity index (χ2v) is 11.3. The van der Waals surface area contributed by atoms with Gasteiger partial charge in [-0.05, 0) is 19.8 Å². The molecule has 0 saturated carbocycles. The molecule has 6 atom stereocenters. The molecule has 3 aliphatic rings. The fraction of sp³-hybridized carbons (Fsp3) is 0.684. The van der Waals surface area contributed by atoms with E-state index in [-0.39, 0.29) is 34.9 Å². The summed E-state index contributed by atoms with van der Waals surface area (Å²) in [5.74, 6) is -2.10. The van der Waals surface area contributed by atoms with Gasteiger partial charge in [0.1, 0.15) is 5.70 Å². The maximum Gasteiger partial charge on any atom is 0.353 e. The van der Waals surface area contributed by atoms with Crippen LogP contribution in [-0.2, 0) is 19.6 Å². The molecule has 0 aromatic rings. The molecule has 1 amide bonds. The van der Waals surface area contributed by atoms with Gasteiger partial charge in [0, 0.05) is 35.2 Å². The van der Waals surface area contributed by atoms with Crippen molar-refractivity contribution >= 4 is 33.7 Å². The van der Waals surface area contributed by atoms with Gasteiger partial charge in [-0.15, -0.1) is 11.8 Å². The summed E-state index contributed by atoms with van der Waals surface area (Å²) < 4.78 is 24.5. The van der Waals surface area contributed by atoms with E-state index in [1.165, 1.54) is 16.7 Å². The first-order valence-electron chi connectivity index (χ1n) is 10.0. The molecule has 0 radical (unpaired) electrons. The summed E-state index contributed by atoms with van der Waals surface area (Å²) in [5, 5.41) is 23.2. The number of carbonyl (C=O) groups excluding carboxylic acids is 1. The van der Waals surface area contributed by atoms with E-state index in [1.807, 2.05) is 19.1 Å². The van der Waals surface area contributed by atoms with Gasteiger partial charge in [-0.3, -0.25) is 4.79 Å². The van der Waals surface area contributed by atoms with Gasteiger partial charge in [-0.2, -0.15) is 0 Å². The Labute approximate surface area is 181 Å². The summed E-state index contributed by atoms with van der Waals surface area (Å²) in [5.41, 5.74) is 0.0604. The zero-order valence-electron chi connectivity index (χ0n) is 17.2. The van der Waals surface area contributed by atoms with Gasteiger partial charge >= 0.3 is 5.97 Å². The molecule has 9 nitrogen and oxygen atoms in total. The highest BCUT2D eigenvalue weighted by Crippen LogP contribution is 2.51. The normalized spacial score (nSPS) is 32.6. The Morgan fingerprint density at radius 1 is 1.47 bits per heavy atom. The first kappa shape index (κ1) is 23.3. The predicted molar refractivity (Wildman–Crippen MR) is 114 cm³/mol. The van der Waals surface area contributed by atoms with Crippen molar-refractivity contribution in [2.45, 2.75) is 50.1 Å². The molecule has 4 N–H and O–H groups in total. The lowest BCUT2D eigenvalue weighted by Crippen LogP contribution is -2.63. The fourth-order valence-corrected chi connectivity index (χ4v) is 6.40. The van der Waals surface area contributed by atoms with E-state index in [9.17, 15) is 28.2 Å². The van der Waals surface area contributed by atoms with Gasteiger partial charge < -0.3 is 20.4 Å².